The third-order valence-corrected chi connectivity index (χ3v) is 10.1. The first kappa shape index (κ1) is 33.6. The van der Waals surface area contributed by atoms with E-state index in [0.29, 0.717) is 22.6 Å². The second-order valence-electron chi connectivity index (χ2n) is 12.3. The van der Waals surface area contributed by atoms with Crippen molar-refractivity contribution in [2.24, 2.45) is 17.4 Å². The van der Waals surface area contributed by atoms with Crippen LogP contribution < -0.4 is 19.8 Å². The molecule has 248 valence electrons. The average molecular weight is 680 g/mol. The van der Waals surface area contributed by atoms with E-state index in [-0.39, 0.29) is 33.4 Å². The number of sulfonamides is 1. The lowest BCUT2D eigenvalue weighted by atomic mass is 9.86. The average Bonchev–Trinajstić information content (AvgIpc) is 3.63. The van der Waals surface area contributed by atoms with Crippen molar-refractivity contribution in [3.63, 3.8) is 0 Å². The molecule has 15 heteroatoms. The van der Waals surface area contributed by atoms with Gasteiger partial charge in [-0.15, -0.1) is 0 Å². The van der Waals surface area contributed by atoms with Crippen LogP contribution in [0, 0.1) is 6.92 Å². The van der Waals surface area contributed by atoms with Crippen LogP contribution in [0.5, 0.6) is 5.75 Å². The van der Waals surface area contributed by atoms with Gasteiger partial charge in [-0.05, 0) is 59.9 Å². The van der Waals surface area contributed by atoms with E-state index in [1.54, 1.807) is 60.6 Å². The maximum absolute atomic E-state index is 13.6. The van der Waals surface area contributed by atoms with Crippen LogP contribution in [-0.4, -0.2) is 52.2 Å². The number of ether oxygens (including phenoxy) is 1. The number of nitrogens with one attached hydrogen (secondary N) is 2. The highest BCUT2D eigenvalue weighted by Crippen LogP contribution is 2.40. The summed E-state index contributed by atoms with van der Waals surface area (Å²) in [6.07, 6.45) is 2.54. The topological polar surface area (TPSA) is 164 Å². The van der Waals surface area contributed by atoms with Crippen LogP contribution in [0.4, 0.5) is 17.1 Å². The van der Waals surface area contributed by atoms with E-state index in [2.05, 4.69) is 25.4 Å². The second kappa shape index (κ2) is 12.4. The number of hydrogen-bond acceptors (Lipinski definition) is 10. The molecule has 2 heterocycles. The number of sulfone groups is 1. The van der Waals surface area contributed by atoms with Gasteiger partial charge in [-0.2, -0.15) is 5.11 Å². The van der Waals surface area contributed by atoms with Crippen LogP contribution in [0.15, 0.2) is 87.2 Å². The fourth-order valence-electron chi connectivity index (χ4n) is 5.20. The first-order valence-electron chi connectivity index (χ1n) is 14.6. The molecule has 0 spiro atoms. The highest BCUT2D eigenvalue weighted by atomic mass is 32.2. The molecule has 47 heavy (non-hydrogen) atoms. The number of carbonyl (C=O) groups is 1. The minimum atomic E-state index is -3.84. The first-order valence-corrected chi connectivity index (χ1v) is 18.0. The predicted molar refractivity (Wildman–Crippen MR) is 179 cm³/mol. The highest BCUT2D eigenvalue weighted by Gasteiger charge is 2.31. The molecule has 1 aliphatic heterocycles. The molecule has 1 aliphatic rings. The zero-order valence-electron chi connectivity index (χ0n) is 27.1. The number of aryl methyl sites for hydroxylation is 1. The van der Waals surface area contributed by atoms with Gasteiger partial charge < -0.3 is 14.6 Å². The van der Waals surface area contributed by atoms with Crippen molar-refractivity contribution >= 4 is 42.8 Å². The van der Waals surface area contributed by atoms with Gasteiger partial charge in [0.1, 0.15) is 6.04 Å². The van der Waals surface area contributed by atoms with Gasteiger partial charge in [-0.25, -0.2) is 26.8 Å². The van der Waals surface area contributed by atoms with Crippen molar-refractivity contribution in [3.05, 3.63) is 89.2 Å². The number of hydrogen-bond donors (Lipinski definition) is 2. The van der Waals surface area contributed by atoms with Gasteiger partial charge in [0.05, 0.1) is 53.8 Å². The molecule has 3 aromatic carbocycles. The lowest BCUT2D eigenvalue weighted by Crippen LogP contribution is -2.20. The largest absolute Gasteiger partial charge is 0.492 e. The van der Waals surface area contributed by atoms with Crippen LogP contribution in [0.1, 0.15) is 54.0 Å². The van der Waals surface area contributed by atoms with Crippen molar-refractivity contribution in [2.75, 3.05) is 35.0 Å². The molecule has 0 fully saturated rings. The number of imidazole rings is 1. The Hall–Kier alpha value is -4.76. The Labute approximate surface area is 274 Å². The number of anilines is 3. The van der Waals surface area contributed by atoms with Crippen LogP contribution in [-0.2, 0) is 32.3 Å². The maximum atomic E-state index is 13.6. The molecule has 1 atom stereocenters. The number of carbonyl (C=O) groups excluding carboxylic acids is 1. The lowest BCUT2D eigenvalue weighted by molar-refractivity contribution is 0.102. The van der Waals surface area contributed by atoms with Crippen molar-refractivity contribution in [1.82, 2.24) is 9.55 Å². The summed E-state index contributed by atoms with van der Waals surface area (Å²) in [6, 6.07) is 16.2. The third kappa shape index (κ3) is 7.00. The second-order valence-corrected chi connectivity index (χ2v) is 15.9. The summed E-state index contributed by atoms with van der Waals surface area (Å²) in [7, 11) is -4.45. The molecule has 0 saturated carbocycles. The minimum absolute atomic E-state index is 0.0944. The summed E-state index contributed by atoms with van der Waals surface area (Å²) < 4.78 is 60.2. The van der Waals surface area contributed by atoms with Crippen molar-refractivity contribution < 1.29 is 26.4 Å². The molecule has 1 amide bonds. The third-order valence-electron chi connectivity index (χ3n) is 7.71. The number of methoxy groups -OCH3 is 1. The molecule has 5 rings (SSSR count). The van der Waals surface area contributed by atoms with Gasteiger partial charge in [0.25, 0.3) is 5.91 Å². The maximum Gasteiger partial charge on any atom is 0.255 e. The molecule has 4 aromatic rings. The van der Waals surface area contributed by atoms with Crippen molar-refractivity contribution in [3.8, 4) is 5.75 Å². The van der Waals surface area contributed by atoms with Crippen LogP contribution in [0.3, 0.4) is 0 Å². The summed E-state index contributed by atoms with van der Waals surface area (Å²) in [5, 5.41) is 13.2. The van der Waals surface area contributed by atoms with E-state index in [9.17, 15) is 21.6 Å². The standard InChI is InChI=1S/C32H37N7O6S2/c1-20-13-14-21(30(40)34-24-16-22(32(2,3)4)17-25(29(24)45-6)36-46(7,41)42)15-27(20)39-19-26(35-37-39)28-18-33-31(38(28)5)47(43,44)23-11-9-8-10-12-23/h8-18,26,36H,19H2,1-7H3,(H,34,40). The van der Waals surface area contributed by atoms with E-state index in [4.69, 9.17) is 4.74 Å². The Morgan fingerprint density at radius 3 is 2.32 bits per heavy atom. The Morgan fingerprint density at radius 2 is 1.68 bits per heavy atom. The fraction of sp³-hybridized carbons (Fsp3) is 0.312. The van der Waals surface area contributed by atoms with E-state index in [0.717, 1.165) is 17.4 Å². The fourth-order valence-corrected chi connectivity index (χ4v) is 7.14. The SMILES string of the molecule is COc1c(NC(=O)c2ccc(C)c(N3CC(c4cnc(S(=O)(=O)c5ccccc5)n4C)N=N3)c2)cc(C(C)(C)C)cc1NS(C)(=O)=O. The predicted octanol–water partition coefficient (Wildman–Crippen LogP) is 5.42. The Balaban J connectivity index is 1.40. The summed E-state index contributed by atoms with van der Waals surface area (Å²) >= 11 is 0. The number of benzene rings is 3. The number of aromatic nitrogens is 2. The quantitative estimate of drug-likeness (QED) is 0.237. The van der Waals surface area contributed by atoms with Crippen molar-refractivity contribution in [1.29, 1.82) is 0 Å². The lowest BCUT2D eigenvalue weighted by Gasteiger charge is -2.24. The summed E-state index contributed by atoms with van der Waals surface area (Å²) in [6.45, 7) is 8.10. The molecule has 2 N–H and O–H groups in total. The monoisotopic (exact) mass is 679 g/mol. The zero-order chi connectivity index (χ0) is 34.3. The molecule has 0 bridgehead atoms. The van der Waals surface area contributed by atoms with E-state index < -0.39 is 31.8 Å². The van der Waals surface area contributed by atoms with Crippen LogP contribution >= 0.6 is 0 Å². The molecule has 0 aliphatic carbocycles. The van der Waals surface area contributed by atoms with Gasteiger partial charge in [0.15, 0.2) is 5.75 Å². The summed E-state index contributed by atoms with van der Waals surface area (Å²) in [5.74, 6) is -0.277. The molecule has 1 unspecified atom stereocenters. The molecular weight excluding hydrogens is 643 g/mol. The van der Waals surface area contributed by atoms with Gasteiger partial charge in [0, 0.05) is 12.6 Å². The Kier molecular flexibility index (Phi) is 8.90. The van der Waals surface area contributed by atoms with Crippen molar-refractivity contribution in [2.45, 2.75) is 49.2 Å². The van der Waals surface area contributed by atoms with Gasteiger partial charge in [0.2, 0.25) is 25.0 Å². The Morgan fingerprint density at radius 1 is 1.00 bits per heavy atom. The Bertz CT molecular complexity index is 2090. The molecule has 13 nitrogen and oxygen atoms in total. The van der Waals surface area contributed by atoms with E-state index in [1.165, 1.54) is 30.0 Å². The molecular formula is C32H37N7O6S2. The minimum Gasteiger partial charge on any atom is -0.492 e. The molecule has 1 aromatic heterocycles. The van der Waals surface area contributed by atoms with Crippen LogP contribution in [0.25, 0.3) is 0 Å². The van der Waals surface area contributed by atoms with Gasteiger partial charge in [-0.1, -0.05) is 50.3 Å². The summed E-state index contributed by atoms with van der Waals surface area (Å²) in [4.78, 5) is 18.0. The number of amides is 1. The zero-order valence-corrected chi connectivity index (χ0v) is 28.8. The first-order chi connectivity index (χ1) is 22.0. The number of nitrogens with zero attached hydrogens (tertiary/aromatic N) is 5. The summed E-state index contributed by atoms with van der Waals surface area (Å²) in [5.41, 5.74) is 3.29. The van der Waals surface area contributed by atoms with E-state index in [1.807, 2.05) is 27.7 Å². The molecule has 0 saturated heterocycles. The highest BCUT2D eigenvalue weighted by molar-refractivity contribution is 7.92. The van der Waals surface area contributed by atoms with Gasteiger partial charge >= 0.3 is 0 Å². The van der Waals surface area contributed by atoms with Gasteiger partial charge in [-0.3, -0.25) is 9.52 Å². The smallest absolute Gasteiger partial charge is 0.255 e. The van der Waals surface area contributed by atoms with E-state index >= 15 is 0 Å². The normalized spacial score (nSPS) is 15.1. The number of rotatable bonds is 9. The molecule has 0 radical (unpaired) electrons. The van der Waals surface area contributed by atoms with Crippen LogP contribution in [0.2, 0.25) is 0 Å².